The Labute approximate surface area is 243 Å². The van der Waals surface area contributed by atoms with Gasteiger partial charge in [-0.15, -0.1) is 0 Å². The van der Waals surface area contributed by atoms with Crippen LogP contribution in [-0.2, 0) is 35.1 Å². The average molecular weight is 577 g/mol. The molecule has 0 saturated carbocycles. The van der Waals surface area contributed by atoms with Crippen molar-refractivity contribution >= 4 is 6.41 Å². The molecule has 1 aromatic heterocycles. The van der Waals surface area contributed by atoms with Gasteiger partial charge in [0, 0.05) is 44.2 Å². The van der Waals surface area contributed by atoms with E-state index in [9.17, 15) is 13.2 Å². The van der Waals surface area contributed by atoms with Gasteiger partial charge in [0.25, 0.3) is 0 Å². The van der Waals surface area contributed by atoms with Gasteiger partial charge in [-0.2, -0.15) is 13.2 Å². The van der Waals surface area contributed by atoms with Crippen molar-refractivity contribution in [3.8, 4) is 0 Å². The smallest absolute Gasteiger partial charge is 0.381 e. The molecule has 2 saturated heterocycles. The van der Waals surface area contributed by atoms with E-state index in [2.05, 4.69) is 47.0 Å². The standard InChI is InChI=1S/C19H30N2O.C12H14F3N.CH3NO/c1-3-17-5-9-20-14-18(17)15(2)12-16-4-6-19(21-13-16)7-10-22-11-8-19;1-2-16-6-5-9-3-4-11(12(13,14)15)7-10(9)8-16;2-1-3/h5,9,14-16,21H,3-4,6-8,10-13H2,1-2H3;3-4,7H,2,5-6,8H2,1H3;1H,(H2,2,3). The van der Waals surface area contributed by atoms with Gasteiger partial charge in [0.05, 0.1) is 5.56 Å². The molecule has 2 aromatic rings. The summed E-state index contributed by atoms with van der Waals surface area (Å²) in [7, 11) is 0. The summed E-state index contributed by atoms with van der Waals surface area (Å²) in [5, 5.41) is 3.87. The van der Waals surface area contributed by atoms with Gasteiger partial charge in [-0.1, -0.05) is 26.8 Å². The number of fused-ring (bicyclic) bond motifs is 1. The van der Waals surface area contributed by atoms with E-state index in [1.54, 1.807) is 6.07 Å². The normalized spacial score (nSPS) is 21.0. The van der Waals surface area contributed by atoms with Crippen LogP contribution in [0, 0.1) is 5.92 Å². The number of rotatable bonds is 5. The lowest BCUT2D eigenvalue weighted by atomic mass is 9.76. The predicted octanol–water partition coefficient (Wildman–Crippen LogP) is 5.87. The zero-order valence-corrected chi connectivity index (χ0v) is 24.8. The van der Waals surface area contributed by atoms with E-state index in [1.165, 1.54) is 61.9 Å². The summed E-state index contributed by atoms with van der Waals surface area (Å²) in [6, 6.07) is 6.27. The van der Waals surface area contributed by atoms with Crippen molar-refractivity contribution in [1.82, 2.24) is 15.2 Å². The van der Waals surface area contributed by atoms with Crippen LogP contribution in [0.25, 0.3) is 0 Å². The molecule has 1 spiro atoms. The molecule has 0 bridgehead atoms. The summed E-state index contributed by atoms with van der Waals surface area (Å²) < 4.78 is 43.1. The van der Waals surface area contributed by atoms with Crippen LogP contribution in [0.5, 0.6) is 0 Å². The zero-order valence-electron chi connectivity index (χ0n) is 24.8. The number of likely N-dealkylation sites (N-methyl/N-ethyl adjacent to an activating group) is 1. The maximum atomic E-state index is 12.5. The van der Waals surface area contributed by atoms with Gasteiger partial charge in [-0.25, -0.2) is 0 Å². The maximum absolute atomic E-state index is 12.5. The fourth-order valence-corrected chi connectivity index (χ4v) is 6.31. The fraction of sp³-hybridized carbons (Fsp3) is 0.625. The molecule has 228 valence electrons. The number of benzene rings is 1. The molecule has 4 heterocycles. The maximum Gasteiger partial charge on any atom is 0.416 e. The number of pyridine rings is 1. The summed E-state index contributed by atoms with van der Waals surface area (Å²) in [5.41, 5.74) is 8.81. The predicted molar refractivity (Wildman–Crippen MR) is 157 cm³/mol. The molecule has 2 unspecified atom stereocenters. The van der Waals surface area contributed by atoms with Crippen LogP contribution in [0.4, 0.5) is 13.2 Å². The number of aromatic nitrogens is 1. The third-order valence-corrected chi connectivity index (χ3v) is 8.86. The number of primary amides is 1. The van der Waals surface area contributed by atoms with Crippen LogP contribution in [0.2, 0.25) is 0 Å². The van der Waals surface area contributed by atoms with Crippen LogP contribution in [0.15, 0.2) is 36.7 Å². The molecule has 0 radical (unpaired) electrons. The van der Waals surface area contributed by atoms with E-state index in [4.69, 9.17) is 9.53 Å². The number of hydrogen-bond donors (Lipinski definition) is 2. The Morgan fingerprint density at radius 2 is 1.93 bits per heavy atom. The number of carbonyl (C=O) groups excluding carboxylic acids is 1. The first-order valence-electron chi connectivity index (χ1n) is 15.0. The number of halogens is 3. The molecular formula is C32H47F3N4O2. The van der Waals surface area contributed by atoms with E-state index in [-0.39, 0.29) is 6.41 Å². The SMILES string of the molecule is CCN1CCc2ccc(C(F)(F)F)cc2C1.CCc1ccncc1C(C)CC1CCC2(CCOCC2)NC1.NC=O. The van der Waals surface area contributed by atoms with Crippen molar-refractivity contribution in [3.63, 3.8) is 0 Å². The minimum Gasteiger partial charge on any atom is -0.381 e. The minimum atomic E-state index is -4.23. The summed E-state index contributed by atoms with van der Waals surface area (Å²) in [6.07, 6.45) is 8.32. The Bertz CT molecular complexity index is 1080. The summed E-state index contributed by atoms with van der Waals surface area (Å²) >= 11 is 0. The van der Waals surface area contributed by atoms with Gasteiger partial charge in [0.2, 0.25) is 6.41 Å². The highest BCUT2D eigenvalue weighted by Crippen LogP contribution is 2.36. The van der Waals surface area contributed by atoms with Crippen molar-refractivity contribution in [2.24, 2.45) is 11.7 Å². The molecule has 41 heavy (non-hydrogen) atoms. The molecular weight excluding hydrogens is 529 g/mol. The second-order valence-electron chi connectivity index (χ2n) is 11.5. The summed E-state index contributed by atoms with van der Waals surface area (Å²) in [5.74, 6) is 1.41. The monoisotopic (exact) mass is 576 g/mol. The van der Waals surface area contributed by atoms with Gasteiger partial charge in [0.15, 0.2) is 0 Å². The van der Waals surface area contributed by atoms with Gasteiger partial charge < -0.3 is 15.8 Å². The molecule has 2 atom stereocenters. The molecule has 6 nitrogen and oxygen atoms in total. The van der Waals surface area contributed by atoms with Crippen LogP contribution >= 0.6 is 0 Å². The van der Waals surface area contributed by atoms with Crippen LogP contribution in [0.1, 0.15) is 86.6 Å². The first-order valence-corrected chi connectivity index (χ1v) is 15.0. The molecule has 1 amide bonds. The van der Waals surface area contributed by atoms with Crippen molar-refractivity contribution in [2.75, 3.05) is 32.8 Å². The highest BCUT2D eigenvalue weighted by atomic mass is 19.4. The van der Waals surface area contributed by atoms with Gasteiger partial charge in [-0.05, 0) is 110 Å². The van der Waals surface area contributed by atoms with Crippen LogP contribution in [0.3, 0.4) is 0 Å². The highest BCUT2D eigenvalue weighted by molar-refractivity contribution is 5.42. The number of alkyl halides is 3. The number of aryl methyl sites for hydroxylation is 1. The Kier molecular flexibility index (Phi) is 12.6. The minimum absolute atomic E-state index is 0.250. The lowest BCUT2D eigenvalue weighted by molar-refractivity contribution is -0.137. The first kappa shape index (κ1) is 33.0. The number of nitrogens with zero attached hydrogens (tertiary/aromatic N) is 2. The fourth-order valence-electron chi connectivity index (χ4n) is 6.31. The van der Waals surface area contributed by atoms with Crippen molar-refractivity contribution in [3.05, 3.63) is 64.5 Å². The number of hydrogen-bond acceptors (Lipinski definition) is 5. The third kappa shape index (κ3) is 9.51. The van der Waals surface area contributed by atoms with Crippen molar-refractivity contribution in [2.45, 2.75) is 89.9 Å². The molecule has 2 fully saturated rings. The average Bonchev–Trinajstić information content (AvgIpc) is 2.98. The Morgan fingerprint density at radius 3 is 2.54 bits per heavy atom. The Hall–Kier alpha value is -2.49. The van der Waals surface area contributed by atoms with E-state index < -0.39 is 11.7 Å². The van der Waals surface area contributed by atoms with E-state index in [0.29, 0.717) is 18.0 Å². The van der Waals surface area contributed by atoms with E-state index in [1.807, 2.05) is 13.1 Å². The molecule has 3 N–H and O–H groups in total. The van der Waals surface area contributed by atoms with Crippen molar-refractivity contribution < 1.29 is 22.7 Å². The van der Waals surface area contributed by atoms with Gasteiger partial charge >= 0.3 is 6.18 Å². The largest absolute Gasteiger partial charge is 0.416 e. The molecule has 0 aliphatic carbocycles. The lowest BCUT2D eigenvalue weighted by Crippen LogP contribution is -2.54. The Balaban J connectivity index is 0.000000215. The molecule has 3 aliphatic heterocycles. The van der Waals surface area contributed by atoms with Crippen molar-refractivity contribution in [1.29, 1.82) is 0 Å². The topological polar surface area (TPSA) is 80.5 Å². The van der Waals surface area contributed by atoms with E-state index >= 15 is 0 Å². The second-order valence-corrected chi connectivity index (χ2v) is 11.5. The number of amides is 1. The van der Waals surface area contributed by atoms with Crippen LogP contribution in [-0.4, -0.2) is 54.7 Å². The molecule has 9 heteroatoms. The van der Waals surface area contributed by atoms with Crippen LogP contribution < -0.4 is 11.1 Å². The van der Waals surface area contributed by atoms with Gasteiger partial charge in [-0.3, -0.25) is 14.7 Å². The number of ether oxygens (including phenoxy) is 1. The zero-order chi connectivity index (χ0) is 29.9. The van der Waals surface area contributed by atoms with E-state index in [0.717, 1.165) is 56.2 Å². The van der Waals surface area contributed by atoms with Gasteiger partial charge in [0.1, 0.15) is 0 Å². The second kappa shape index (κ2) is 15.7. The Morgan fingerprint density at radius 1 is 1.20 bits per heavy atom. The molecule has 3 aliphatic rings. The number of piperidine rings is 1. The number of nitrogens with two attached hydrogens (primary N) is 1. The summed E-state index contributed by atoms with van der Waals surface area (Å²) in [4.78, 5) is 15.1. The number of nitrogens with one attached hydrogen (secondary N) is 1. The molecule has 1 aromatic carbocycles. The third-order valence-electron chi connectivity index (χ3n) is 8.86. The number of carbonyl (C=O) groups is 1. The first-order chi connectivity index (χ1) is 19.6. The summed E-state index contributed by atoms with van der Waals surface area (Å²) in [6.45, 7) is 12.1. The highest BCUT2D eigenvalue weighted by Gasteiger charge is 2.36. The quantitative estimate of drug-likeness (QED) is 0.435. The lowest BCUT2D eigenvalue weighted by Gasteiger charge is -2.44. The molecule has 5 rings (SSSR count).